The Kier molecular flexibility index (Phi) is 4.40. The Labute approximate surface area is 125 Å². The monoisotopic (exact) mass is 333 g/mol. The third-order valence-electron chi connectivity index (χ3n) is 2.36. The molecule has 0 aliphatic heterocycles. The van der Waals surface area contributed by atoms with E-state index in [-0.39, 0.29) is 10.7 Å². The van der Waals surface area contributed by atoms with E-state index < -0.39 is 29.6 Å². The van der Waals surface area contributed by atoms with E-state index in [1.807, 2.05) is 5.32 Å². The summed E-state index contributed by atoms with van der Waals surface area (Å²) in [5, 5.41) is 4.13. The van der Waals surface area contributed by atoms with Crippen molar-refractivity contribution in [3.63, 3.8) is 0 Å². The fraction of sp³-hybridized carbons (Fsp3) is 0.0833. The first-order valence-electron chi connectivity index (χ1n) is 5.67. The van der Waals surface area contributed by atoms with E-state index >= 15 is 0 Å². The first kappa shape index (κ1) is 15.9. The molecule has 0 radical (unpaired) electrons. The lowest BCUT2D eigenvalue weighted by Crippen LogP contribution is -2.34. The Morgan fingerprint density at radius 3 is 2.45 bits per heavy atom. The van der Waals surface area contributed by atoms with Crippen LogP contribution in [0, 0.1) is 5.82 Å². The van der Waals surface area contributed by atoms with E-state index in [2.05, 4.69) is 4.98 Å². The summed E-state index contributed by atoms with van der Waals surface area (Å²) in [5.74, 6) is -1.86. The fourth-order valence-electron chi connectivity index (χ4n) is 1.41. The minimum Gasteiger partial charge on any atom is -0.283 e. The van der Waals surface area contributed by atoms with Crippen LogP contribution in [-0.2, 0) is 6.18 Å². The van der Waals surface area contributed by atoms with Gasteiger partial charge in [-0.1, -0.05) is 12.1 Å². The summed E-state index contributed by atoms with van der Waals surface area (Å²) >= 11 is 0.542. The van der Waals surface area contributed by atoms with Crippen molar-refractivity contribution in [1.82, 2.24) is 10.3 Å². The number of carbonyl (C=O) groups is 2. The zero-order chi connectivity index (χ0) is 16.3. The highest BCUT2D eigenvalue weighted by Gasteiger charge is 2.34. The molecule has 116 valence electrons. The molecular formula is C12H7F4N3O2S. The number of aromatic nitrogens is 1. The summed E-state index contributed by atoms with van der Waals surface area (Å²) in [5.41, 5.74) is -1.53. The normalized spacial score (nSPS) is 11.1. The Morgan fingerprint density at radius 2 is 1.86 bits per heavy atom. The molecule has 0 unspecified atom stereocenters. The van der Waals surface area contributed by atoms with E-state index in [1.165, 1.54) is 12.1 Å². The third kappa shape index (κ3) is 3.79. The molecule has 2 aromatic rings. The molecule has 0 spiro atoms. The first-order valence-corrected chi connectivity index (χ1v) is 6.55. The maximum atomic E-state index is 13.3. The number of halogens is 4. The summed E-state index contributed by atoms with van der Waals surface area (Å²) in [6, 6.07) is 3.83. The Hall–Kier alpha value is -2.49. The minimum absolute atomic E-state index is 0.342. The van der Waals surface area contributed by atoms with Gasteiger partial charge in [-0.2, -0.15) is 13.2 Å². The largest absolute Gasteiger partial charge is 0.434 e. The van der Waals surface area contributed by atoms with E-state index in [4.69, 9.17) is 0 Å². The zero-order valence-electron chi connectivity index (χ0n) is 10.6. The van der Waals surface area contributed by atoms with E-state index in [0.29, 0.717) is 16.7 Å². The maximum absolute atomic E-state index is 13.3. The molecule has 0 aliphatic rings. The van der Waals surface area contributed by atoms with Gasteiger partial charge in [0.15, 0.2) is 10.8 Å². The van der Waals surface area contributed by atoms with Gasteiger partial charge in [0.1, 0.15) is 5.82 Å². The lowest BCUT2D eigenvalue weighted by atomic mass is 10.2. The first-order chi connectivity index (χ1) is 10.3. The summed E-state index contributed by atoms with van der Waals surface area (Å²) in [6.45, 7) is 0. The molecule has 0 atom stereocenters. The SMILES string of the molecule is O=C(NC(=O)c1ccccc1F)Nc1nc(C(F)(F)F)cs1. The predicted octanol–water partition coefficient (Wildman–Crippen LogP) is 3.26. The van der Waals surface area contributed by atoms with Crippen molar-refractivity contribution in [3.8, 4) is 0 Å². The minimum atomic E-state index is -4.63. The number of imide groups is 1. The average Bonchev–Trinajstić information content (AvgIpc) is 2.87. The van der Waals surface area contributed by atoms with Crippen molar-refractivity contribution in [3.05, 3.63) is 46.7 Å². The molecular weight excluding hydrogens is 326 g/mol. The number of hydrogen-bond donors (Lipinski definition) is 2. The molecule has 1 aromatic heterocycles. The third-order valence-corrected chi connectivity index (χ3v) is 3.12. The van der Waals surface area contributed by atoms with Crippen molar-refractivity contribution in [2.24, 2.45) is 0 Å². The van der Waals surface area contributed by atoms with Crippen molar-refractivity contribution < 1.29 is 27.2 Å². The summed E-state index contributed by atoms with van der Waals surface area (Å²) in [6.07, 6.45) is -4.63. The maximum Gasteiger partial charge on any atom is 0.434 e. The average molecular weight is 333 g/mol. The number of urea groups is 1. The molecule has 22 heavy (non-hydrogen) atoms. The van der Waals surface area contributed by atoms with Crippen LogP contribution in [0.2, 0.25) is 0 Å². The van der Waals surface area contributed by atoms with Crippen LogP contribution in [-0.4, -0.2) is 16.9 Å². The van der Waals surface area contributed by atoms with Gasteiger partial charge in [-0.05, 0) is 12.1 Å². The predicted molar refractivity (Wildman–Crippen MR) is 70.0 cm³/mol. The van der Waals surface area contributed by atoms with E-state index in [0.717, 1.165) is 12.1 Å². The quantitative estimate of drug-likeness (QED) is 0.829. The molecule has 2 rings (SSSR count). The second kappa shape index (κ2) is 6.10. The lowest BCUT2D eigenvalue weighted by Gasteiger charge is -2.05. The highest BCUT2D eigenvalue weighted by molar-refractivity contribution is 7.13. The Bertz CT molecular complexity index is 714. The number of carbonyl (C=O) groups excluding carboxylic acids is 2. The van der Waals surface area contributed by atoms with Crippen molar-refractivity contribution in [2.45, 2.75) is 6.18 Å². The van der Waals surface area contributed by atoms with Gasteiger partial charge in [-0.15, -0.1) is 11.3 Å². The van der Waals surface area contributed by atoms with Crippen LogP contribution in [0.1, 0.15) is 16.1 Å². The highest BCUT2D eigenvalue weighted by Crippen LogP contribution is 2.31. The number of amides is 3. The van der Waals surface area contributed by atoms with E-state index in [1.54, 1.807) is 5.32 Å². The van der Waals surface area contributed by atoms with Gasteiger partial charge in [-0.3, -0.25) is 15.4 Å². The van der Waals surface area contributed by atoms with Gasteiger partial charge in [-0.25, -0.2) is 14.2 Å². The topological polar surface area (TPSA) is 71.1 Å². The number of anilines is 1. The molecule has 3 amide bonds. The van der Waals surface area contributed by atoms with Crippen LogP contribution in [0.15, 0.2) is 29.6 Å². The van der Waals surface area contributed by atoms with Crippen molar-refractivity contribution in [1.29, 1.82) is 0 Å². The number of thiazole rings is 1. The molecule has 0 bridgehead atoms. The number of nitrogens with zero attached hydrogens (tertiary/aromatic N) is 1. The van der Waals surface area contributed by atoms with Gasteiger partial charge in [0.05, 0.1) is 5.56 Å². The summed E-state index contributed by atoms with van der Waals surface area (Å²) in [4.78, 5) is 26.3. The van der Waals surface area contributed by atoms with Crippen LogP contribution in [0.25, 0.3) is 0 Å². The van der Waals surface area contributed by atoms with Crippen LogP contribution in [0.4, 0.5) is 27.5 Å². The number of nitrogens with one attached hydrogen (secondary N) is 2. The lowest BCUT2D eigenvalue weighted by molar-refractivity contribution is -0.140. The smallest absolute Gasteiger partial charge is 0.283 e. The molecule has 0 saturated carbocycles. The standard InChI is InChI=1S/C12H7F4N3O2S/c13-7-4-2-1-3-6(7)9(20)18-10(21)19-11-17-8(5-22-11)12(14,15)16/h1-5H,(H2,17,18,19,20,21). The molecule has 0 saturated heterocycles. The van der Waals surface area contributed by atoms with Gasteiger partial charge in [0.25, 0.3) is 5.91 Å². The highest BCUT2D eigenvalue weighted by atomic mass is 32.1. The zero-order valence-corrected chi connectivity index (χ0v) is 11.4. The summed E-state index contributed by atoms with van der Waals surface area (Å²) < 4.78 is 50.3. The summed E-state index contributed by atoms with van der Waals surface area (Å²) in [7, 11) is 0. The number of benzene rings is 1. The van der Waals surface area contributed by atoms with Gasteiger partial charge in [0.2, 0.25) is 0 Å². The molecule has 2 N–H and O–H groups in total. The van der Waals surface area contributed by atoms with Crippen LogP contribution in [0.3, 0.4) is 0 Å². The number of alkyl halides is 3. The second-order valence-electron chi connectivity index (χ2n) is 3.92. The molecule has 1 heterocycles. The van der Waals surface area contributed by atoms with Crippen molar-refractivity contribution in [2.75, 3.05) is 5.32 Å². The van der Waals surface area contributed by atoms with Crippen LogP contribution >= 0.6 is 11.3 Å². The molecule has 10 heteroatoms. The van der Waals surface area contributed by atoms with E-state index in [9.17, 15) is 27.2 Å². The van der Waals surface area contributed by atoms with Gasteiger partial charge < -0.3 is 0 Å². The van der Waals surface area contributed by atoms with Crippen molar-refractivity contribution >= 4 is 28.4 Å². The molecule has 0 fully saturated rings. The molecule has 0 aliphatic carbocycles. The molecule has 1 aromatic carbocycles. The molecule has 5 nitrogen and oxygen atoms in total. The Balaban J connectivity index is 2.00. The van der Waals surface area contributed by atoms with Crippen LogP contribution in [0.5, 0.6) is 0 Å². The van der Waals surface area contributed by atoms with Gasteiger partial charge >= 0.3 is 12.2 Å². The van der Waals surface area contributed by atoms with Crippen LogP contribution < -0.4 is 10.6 Å². The second-order valence-corrected chi connectivity index (χ2v) is 4.78. The number of hydrogen-bond acceptors (Lipinski definition) is 4. The fourth-order valence-corrected chi connectivity index (χ4v) is 2.12. The Morgan fingerprint density at radius 1 is 1.18 bits per heavy atom. The number of rotatable bonds is 2. The van der Waals surface area contributed by atoms with Gasteiger partial charge in [0, 0.05) is 5.38 Å².